The van der Waals surface area contributed by atoms with Gasteiger partial charge in [-0.1, -0.05) is 6.58 Å². The van der Waals surface area contributed by atoms with E-state index in [1.165, 1.54) is 0 Å². The van der Waals surface area contributed by atoms with Crippen LogP contribution in [0, 0.1) is 0 Å². The summed E-state index contributed by atoms with van der Waals surface area (Å²) in [4.78, 5) is 0. The average Bonchev–Trinajstić information content (AvgIpc) is 2.22. The highest BCUT2D eigenvalue weighted by Gasteiger charge is 2.66. The van der Waals surface area contributed by atoms with E-state index in [0.29, 0.717) is 0 Å². The smallest absolute Gasteiger partial charge is 0.422 e. The van der Waals surface area contributed by atoms with Gasteiger partial charge in [0.1, 0.15) is 6.61 Å². The van der Waals surface area contributed by atoms with Gasteiger partial charge in [-0.05, 0) is 0 Å². The molecule has 0 radical (unpaired) electrons. The van der Waals surface area contributed by atoms with Crippen LogP contribution in [0.1, 0.15) is 0 Å². The van der Waals surface area contributed by atoms with Crippen molar-refractivity contribution in [2.24, 2.45) is 0 Å². The van der Waals surface area contributed by atoms with Gasteiger partial charge in [-0.25, -0.2) is 13.2 Å². The summed E-state index contributed by atoms with van der Waals surface area (Å²) in [6, 6.07) is 0. The quantitative estimate of drug-likeness (QED) is 0.383. The summed E-state index contributed by atoms with van der Waals surface area (Å²) in [6.45, 7) is 1.43. The Morgan fingerprint density at radius 1 is 1.06 bits per heavy atom. The lowest BCUT2D eigenvalue weighted by molar-refractivity contribution is -0.370. The lowest BCUT2D eigenvalue weighted by Crippen LogP contribution is -2.52. The van der Waals surface area contributed by atoms with Gasteiger partial charge >= 0.3 is 12.0 Å². The first-order chi connectivity index (χ1) is 7.66. The molecule has 0 aromatic heterocycles. The van der Waals surface area contributed by atoms with Gasteiger partial charge in [0.15, 0.2) is 0 Å². The Morgan fingerprint density at radius 2 is 1.59 bits per heavy atom. The highest BCUT2D eigenvalue weighted by atomic mass is 19.3. The molecule has 0 aliphatic rings. The summed E-state index contributed by atoms with van der Waals surface area (Å²) in [6.07, 6.45) is -13.1. The van der Waals surface area contributed by atoms with Crippen molar-refractivity contribution >= 4 is 0 Å². The number of hydrogen-bond donors (Lipinski definition) is 0. The van der Waals surface area contributed by atoms with Crippen molar-refractivity contribution < 1.29 is 40.2 Å². The fourth-order valence-corrected chi connectivity index (χ4v) is 0.716. The van der Waals surface area contributed by atoms with E-state index >= 15 is 0 Å². The first kappa shape index (κ1) is 16.0. The lowest BCUT2D eigenvalue weighted by Gasteiger charge is -2.28. The van der Waals surface area contributed by atoms with Crippen LogP contribution in [0.15, 0.2) is 12.8 Å². The highest BCUT2D eigenvalue weighted by molar-refractivity contribution is 4.86. The van der Waals surface area contributed by atoms with Gasteiger partial charge in [0.25, 0.3) is 6.43 Å². The Morgan fingerprint density at radius 3 is 2.00 bits per heavy atom. The number of hydrogen-bond acceptors (Lipinski definition) is 2. The van der Waals surface area contributed by atoms with Crippen LogP contribution in [-0.2, 0) is 9.47 Å². The molecule has 0 aromatic carbocycles. The van der Waals surface area contributed by atoms with Gasteiger partial charge in [-0.3, -0.25) is 0 Å². The maximum absolute atomic E-state index is 12.6. The maximum Gasteiger partial charge on any atom is 0.422 e. The minimum atomic E-state index is -5.63. The average molecular weight is 270 g/mol. The van der Waals surface area contributed by atoms with E-state index in [9.17, 15) is 30.7 Å². The van der Waals surface area contributed by atoms with Crippen LogP contribution in [0.4, 0.5) is 30.7 Å². The summed E-state index contributed by atoms with van der Waals surface area (Å²) in [7, 11) is 0. The van der Waals surface area contributed by atoms with Gasteiger partial charge in [-0.2, -0.15) is 17.6 Å². The van der Waals surface area contributed by atoms with Crippen LogP contribution in [0.3, 0.4) is 0 Å². The number of halogens is 7. The summed E-state index contributed by atoms with van der Waals surface area (Å²) in [5.74, 6) is -5.63. The van der Waals surface area contributed by atoms with Crippen molar-refractivity contribution in [3.8, 4) is 0 Å². The van der Waals surface area contributed by atoms with Gasteiger partial charge in [0.05, 0.1) is 12.9 Å². The lowest BCUT2D eigenvalue weighted by atomic mass is 10.2. The van der Waals surface area contributed by atoms with Crippen LogP contribution >= 0.6 is 0 Å². The Kier molecular flexibility index (Phi) is 5.73. The first-order valence-electron chi connectivity index (χ1n) is 4.21. The number of rotatable bonds is 8. The predicted octanol–water partition coefficient (Wildman–Crippen LogP) is 2.99. The third-order valence-electron chi connectivity index (χ3n) is 1.56. The van der Waals surface area contributed by atoms with Crippen molar-refractivity contribution in [3.05, 3.63) is 12.8 Å². The SMILES string of the molecule is C=COCCOC(F)(F)C(F)(F)C(F)C(F)F. The molecule has 0 fully saturated rings. The van der Waals surface area contributed by atoms with Gasteiger partial charge in [-0.15, -0.1) is 0 Å². The molecular weight excluding hydrogens is 261 g/mol. The van der Waals surface area contributed by atoms with Crippen LogP contribution < -0.4 is 0 Å². The van der Waals surface area contributed by atoms with Gasteiger partial charge < -0.3 is 9.47 Å². The molecule has 0 bridgehead atoms. The molecule has 102 valence electrons. The molecule has 1 unspecified atom stereocenters. The van der Waals surface area contributed by atoms with Crippen molar-refractivity contribution in [2.45, 2.75) is 24.6 Å². The Hall–Kier alpha value is -0.990. The molecule has 0 heterocycles. The largest absolute Gasteiger partial charge is 0.499 e. The molecule has 0 aromatic rings. The van der Waals surface area contributed by atoms with Crippen molar-refractivity contribution in [3.63, 3.8) is 0 Å². The van der Waals surface area contributed by atoms with Crippen LogP contribution in [0.5, 0.6) is 0 Å². The Balaban J connectivity index is 4.49. The molecule has 0 saturated heterocycles. The molecule has 0 amide bonds. The normalized spacial score (nSPS) is 14.8. The number of ether oxygens (including phenoxy) is 2. The summed E-state index contributed by atoms with van der Waals surface area (Å²) in [5.41, 5.74) is 0. The second-order valence-corrected chi connectivity index (χ2v) is 2.76. The van der Waals surface area contributed by atoms with Crippen molar-refractivity contribution in [2.75, 3.05) is 13.2 Å². The van der Waals surface area contributed by atoms with E-state index in [2.05, 4.69) is 16.1 Å². The maximum atomic E-state index is 12.6. The topological polar surface area (TPSA) is 18.5 Å². The molecule has 17 heavy (non-hydrogen) atoms. The Labute approximate surface area is 92.0 Å². The zero-order valence-electron chi connectivity index (χ0n) is 8.32. The zero-order valence-corrected chi connectivity index (χ0v) is 8.32. The van der Waals surface area contributed by atoms with E-state index in [-0.39, 0.29) is 0 Å². The minimum Gasteiger partial charge on any atom is -0.499 e. The molecule has 0 spiro atoms. The van der Waals surface area contributed by atoms with E-state index < -0.39 is 37.8 Å². The van der Waals surface area contributed by atoms with Crippen LogP contribution in [0.25, 0.3) is 0 Å². The van der Waals surface area contributed by atoms with Gasteiger partial charge in [0.2, 0.25) is 6.17 Å². The standard InChI is InChI=1S/C8H9F7O2/c1-2-16-3-4-17-8(14,15)7(12,13)5(9)6(10)11/h2,5-6H,1,3-4H2. The summed E-state index contributed by atoms with van der Waals surface area (Å²) < 4.78 is 93.5. The molecule has 1 atom stereocenters. The molecule has 0 aliphatic heterocycles. The third kappa shape index (κ3) is 4.06. The predicted molar refractivity (Wildman–Crippen MR) is 42.9 cm³/mol. The molecular formula is C8H9F7O2. The van der Waals surface area contributed by atoms with Crippen LogP contribution in [-0.4, -0.2) is 37.8 Å². The second kappa shape index (κ2) is 6.08. The highest BCUT2D eigenvalue weighted by Crippen LogP contribution is 2.41. The molecule has 0 aliphatic carbocycles. The molecule has 0 N–H and O–H groups in total. The Bertz CT molecular complexity index is 244. The third-order valence-corrected chi connectivity index (χ3v) is 1.56. The summed E-state index contributed by atoms with van der Waals surface area (Å²) in [5, 5.41) is 0. The van der Waals surface area contributed by atoms with E-state index in [1.807, 2.05) is 0 Å². The fraction of sp³-hybridized carbons (Fsp3) is 0.750. The number of alkyl halides is 7. The van der Waals surface area contributed by atoms with E-state index in [0.717, 1.165) is 6.26 Å². The molecule has 9 heteroatoms. The van der Waals surface area contributed by atoms with E-state index in [1.54, 1.807) is 0 Å². The van der Waals surface area contributed by atoms with E-state index in [4.69, 9.17) is 0 Å². The zero-order chi connectivity index (χ0) is 13.7. The fourth-order valence-electron chi connectivity index (χ4n) is 0.716. The molecule has 2 nitrogen and oxygen atoms in total. The monoisotopic (exact) mass is 270 g/mol. The van der Waals surface area contributed by atoms with Gasteiger partial charge in [0, 0.05) is 0 Å². The van der Waals surface area contributed by atoms with Crippen molar-refractivity contribution in [1.82, 2.24) is 0 Å². The molecule has 0 saturated carbocycles. The molecule has 0 rings (SSSR count). The first-order valence-corrected chi connectivity index (χ1v) is 4.21. The van der Waals surface area contributed by atoms with Crippen LogP contribution in [0.2, 0.25) is 0 Å². The minimum absolute atomic E-state index is 0.555. The van der Waals surface area contributed by atoms with Crippen molar-refractivity contribution in [1.29, 1.82) is 0 Å². The summed E-state index contributed by atoms with van der Waals surface area (Å²) >= 11 is 0. The second-order valence-electron chi connectivity index (χ2n) is 2.76.